The van der Waals surface area contributed by atoms with Crippen LogP contribution >= 0.6 is 0 Å². The van der Waals surface area contributed by atoms with Crippen molar-refractivity contribution in [1.29, 1.82) is 0 Å². The summed E-state index contributed by atoms with van der Waals surface area (Å²) in [5.41, 5.74) is 0.946. The maximum Gasteiger partial charge on any atom is 0.226 e. The Labute approximate surface area is 102 Å². The summed E-state index contributed by atoms with van der Waals surface area (Å²) in [6.45, 7) is 0.597. The maximum absolute atomic E-state index is 11.8. The van der Waals surface area contributed by atoms with E-state index in [1.165, 1.54) is 0 Å². The number of carbonyl (C=O) groups excluding carboxylic acids is 1. The molecule has 3 heteroatoms. The number of hydrogen-bond acceptors (Lipinski definition) is 2. The van der Waals surface area contributed by atoms with Crippen LogP contribution in [-0.2, 0) is 11.2 Å². The zero-order valence-electron chi connectivity index (χ0n) is 10.3. The van der Waals surface area contributed by atoms with Crippen LogP contribution in [0.1, 0.15) is 12.0 Å². The van der Waals surface area contributed by atoms with E-state index in [-0.39, 0.29) is 5.91 Å². The zero-order valence-corrected chi connectivity index (χ0v) is 10.3. The highest BCUT2D eigenvalue weighted by molar-refractivity contribution is 5.78. The van der Waals surface area contributed by atoms with E-state index < -0.39 is 0 Å². The average molecular weight is 231 g/mol. The first-order valence-electron chi connectivity index (χ1n) is 5.47. The first-order chi connectivity index (χ1) is 8.17. The van der Waals surface area contributed by atoms with Crippen molar-refractivity contribution in [2.75, 3.05) is 20.7 Å². The first kappa shape index (κ1) is 13.1. The molecule has 0 bridgehead atoms. The number of terminal acetylenes is 1. The Balaban J connectivity index is 2.58. The normalized spacial score (nSPS) is 9.47. The summed E-state index contributed by atoms with van der Waals surface area (Å²) < 4.78 is 5.11. The van der Waals surface area contributed by atoms with Gasteiger partial charge in [-0.25, -0.2) is 0 Å². The summed E-state index contributed by atoms with van der Waals surface area (Å²) in [5, 5.41) is 0. The highest BCUT2D eigenvalue weighted by Crippen LogP contribution is 2.13. The summed E-state index contributed by atoms with van der Waals surface area (Å²) in [6, 6.07) is 7.52. The molecule has 1 amide bonds. The molecule has 1 aromatic rings. The van der Waals surface area contributed by atoms with Crippen LogP contribution in [0.3, 0.4) is 0 Å². The quantitative estimate of drug-likeness (QED) is 0.722. The van der Waals surface area contributed by atoms with Gasteiger partial charge in [0.15, 0.2) is 0 Å². The molecular formula is C14H17NO2. The van der Waals surface area contributed by atoms with Crippen molar-refractivity contribution in [3.63, 3.8) is 0 Å². The molecule has 0 unspecified atom stereocenters. The van der Waals surface area contributed by atoms with Gasteiger partial charge in [0, 0.05) is 20.0 Å². The predicted molar refractivity (Wildman–Crippen MR) is 67.8 cm³/mol. The second-order valence-electron chi connectivity index (χ2n) is 3.80. The molecule has 0 atom stereocenters. The molecule has 3 nitrogen and oxygen atoms in total. The Morgan fingerprint density at radius 2 is 2.29 bits per heavy atom. The molecule has 1 rings (SSSR count). The molecule has 0 aliphatic rings. The van der Waals surface area contributed by atoms with Crippen LogP contribution in [0.5, 0.6) is 5.75 Å². The molecule has 0 heterocycles. The lowest BCUT2D eigenvalue weighted by Crippen LogP contribution is -2.28. The fourth-order valence-electron chi connectivity index (χ4n) is 1.45. The lowest BCUT2D eigenvalue weighted by atomic mass is 10.1. The molecule has 0 aliphatic carbocycles. The third kappa shape index (κ3) is 4.20. The van der Waals surface area contributed by atoms with Gasteiger partial charge in [0.05, 0.1) is 13.5 Å². The minimum Gasteiger partial charge on any atom is -0.497 e. The third-order valence-electron chi connectivity index (χ3n) is 2.51. The van der Waals surface area contributed by atoms with Crippen LogP contribution in [0.2, 0.25) is 0 Å². The van der Waals surface area contributed by atoms with Gasteiger partial charge < -0.3 is 9.64 Å². The van der Waals surface area contributed by atoms with Gasteiger partial charge in [0.2, 0.25) is 5.91 Å². The van der Waals surface area contributed by atoms with Crippen LogP contribution < -0.4 is 4.74 Å². The number of nitrogens with zero attached hydrogens (tertiary/aromatic N) is 1. The summed E-state index contributed by atoms with van der Waals surface area (Å²) >= 11 is 0. The monoisotopic (exact) mass is 231 g/mol. The molecule has 17 heavy (non-hydrogen) atoms. The summed E-state index contributed by atoms with van der Waals surface area (Å²) in [4.78, 5) is 13.5. The Bertz CT molecular complexity index is 420. The molecule has 90 valence electrons. The van der Waals surface area contributed by atoms with E-state index in [0.29, 0.717) is 19.4 Å². The number of benzene rings is 1. The fraction of sp³-hybridized carbons (Fsp3) is 0.357. The number of rotatable bonds is 5. The molecule has 0 fully saturated rings. The lowest BCUT2D eigenvalue weighted by molar-refractivity contribution is -0.129. The summed E-state index contributed by atoms with van der Waals surface area (Å²) in [6.07, 6.45) is 6.12. The second kappa shape index (κ2) is 6.59. The summed E-state index contributed by atoms with van der Waals surface area (Å²) in [5.74, 6) is 3.35. The highest BCUT2D eigenvalue weighted by Gasteiger charge is 2.09. The van der Waals surface area contributed by atoms with E-state index in [1.54, 1.807) is 19.1 Å². The van der Waals surface area contributed by atoms with Crippen molar-refractivity contribution >= 4 is 5.91 Å². The van der Waals surface area contributed by atoms with Crippen molar-refractivity contribution in [2.24, 2.45) is 0 Å². The Morgan fingerprint density at radius 1 is 1.53 bits per heavy atom. The van der Waals surface area contributed by atoms with Crippen molar-refractivity contribution in [2.45, 2.75) is 12.8 Å². The molecule has 0 spiro atoms. The van der Waals surface area contributed by atoms with Gasteiger partial charge in [-0.2, -0.15) is 0 Å². The van der Waals surface area contributed by atoms with E-state index in [1.807, 2.05) is 24.3 Å². The number of likely N-dealkylation sites (N-methyl/N-ethyl adjacent to an activating group) is 1. The largest absolute Gasteiger partial charge is 0.497 e. The van der Waals surface area contributed by atoms with E-state index in [0.717, 1.165) is 11.3 Å². The predicted octanol–water partition coefficient (Wildman–Crippen LogP) is 1.72. The first-order valence-corrected chi connectivity index (χ1v) is 5.47. The molecule has 0 radical (unpaired) electrons. The Hall–Kier alpha value is -1.95. The average Bonchev–Trinajstić information content (AvgIpc) is 2.36. The zero-order chi connectivity index (χ0) is 12.7. The standard InChI is InChI=1S/C14H17NO2/c1-4-5-9-15(2)14(16)11-12-7-6-8-13(10-12)17-3/h1,6-8,10H,5,9,11H2,2-3H3. The number of methoxy groups -OCH3 is 1. The molecule has 0 aliphatic heterocycles. The maximum atomic E-state index is 11.8. The van der Waals surface area contributed by atoms with E-state index in [2.05, 4.69) is 5.92 Å². The molecular weight excluding hydrogens is 214 g/mol. The highest BCUT2D eigenvalue weighted by atomic mass is 16.5. The van der Waals surface area contributed by atoms with Crippen LogP contribution in [0.4, 0.5) is 0 Å². The number of amides is 1. The molecule has 0 aromatic heterocycles. The van der Waals surface area contributed by atoms with Crippen molar-refractivity contribution in [3.8, 4) is 18.1 Å². The van der Waals surface area contributed by atoms with Crippen LogP contribution in [0.15, 0.2) is 24.3 Å². The lowest BCUT2D eigenvalue weighted by Gasteiger charge is -2.15. The van der Waals surface area contributed by atoms with Gasteiger partial charge in [-0.3, -0.25) is 4.79 Å². The van der Waals surface area contributed by atoms with Crippen molar-refractivity contribution < 1.29 is 9.53 Å². The number of hydrogen-bond donors (Lipinski definition) is 0. The van der Waals surface area contributed by atoms with Gasteiger partial charge in [0.25, 0.3) is 0 Å². The second-order valence-corrected chi connectivity index (χ2v) is 3.80. The van der Waals surface area contributed by atoms with Crippen LogP contribution in [0.25, 0.3) is 0 Å². The van der Waals surface area contributed by atoms with Gasteiger partial charge >= 0.3 is 0 Å². The van der Waals surface area contributed by atoms with Gasteiger partial charge in [-0.05, 0) is 17.7 Å². The third-order valence-corrected chi connectivity index (χ3v) is 2.51. The molecule has 1 aromatic carbocycles. The van der Waals surface area contributed by atoms with Gasteiger partial charge in [-0.15, -0.1) is 12.3 Å². The SMILES string of the molecule is C#CCCN(C)C(=O)Cc1cccc(OC)c1. The summed E-state index contributed by atoms with van der Waals surface area (Å²) in [7, 11) is 3.37. The number of carbonyl (C=O) groups is 1. The van der Waals surface area contributed by atoms with Crippen LogP contribution in [0, 0.1) is 12.3 Å². The molecule has 0 N–H and O–H groups in total. The van der Waals surface area contributed by atoms with Gasteiger partial charge in [0.1, 0.15) is 5.75 Å². The molecule has 0 saturated carbocycles. The van der Waals surface area contributed by atoms with E-state index in [9.17, 15) is 4.79 Å². The smallest absolute Gasteiger partial charge is 0.226 e. The van der Waals surface area contributed by atoms with Crippen molar-refractivity contribution in [3.05, 3.63) is 29.8 Å². The fourth-order valence-corrected chi connectivity index (χ4v) is 1.45. The minimum absolute atomic E-state index is 0.0634. The van der Waals surface area contributed by atoms with Gasteiger partial charge in [-0.1, -0.05) is 12.1 Å². The Morgan fingerprint density at radius 3 is 2.94 bits per heavy atom. The van der Waals surface area contributed by atoms with Crippen molar-refractivity contribution in [1.82, 2.24) is 4.90 Å². The van der Waals surface area contributed by atoms with E-state index in [4.69, 9.17) is 11.2 Å². The van der Waals surface area contributed by atoms with Crippen LogP contribution in [-0.4, -0.2) is 31.5 Å². The van der Waals surface area contributed by atoms with E-state index >= 15 is 0 Å². The Kier molecular flexibility index (Phi) is 5.09. The topological polar surface area (TPSA) is 29.5 Å². The number of ether oxygens (including phenoxy) is 1. The molecule has 0 saturated heterocycles. The minimum atomic E-state index is 0.0634.